The zero-order valence-corrected chi connectivity index (χ0v) is 8.55. The molecule has 0 radical (unpaired) electrons. The zero-order valence-electron chi connectivity index (χ0n) is 7.80. The number of primary amides is 1. The van der Waals surface area contributed by atoms with Crippen LogP contribution < -0.4 is 11.2 Å². The Morgan fingerprint density at radius 3 is 2.71 bits per heavy atom. The fourth-order valence-electron chi connectivity index (χ4n) is 0.984. The van der Waals surface area contributed by atoms with Crippen LogP contribution in [-0.4, -0.2) is 12.2 Å². The molecule has 14 heavy (non-hydrogen) atoms. The van der Waals surface area contributed by atoms with Gasteiger partial charge in [0, 0.05) is 11.1 Å². The topological polar surface area (TPSA) is 80.6 Å². The monoisotopic (exact) mass is 215 g/mol. The molecular weight excluding hydrogens is 206 g/mol. The van der Waals surface area contributed by atoms with E-state index in [1.165, 1.54) is 6.21 Å². The summed E-state index contributed by atoms with van der Waals surface area (Å²) in [6.45, 7) is 3.55. The highest BCUT2D eigenvalue weighted by Crippen LogP contribution is 2.23. The van der Waals surface area contributed by atoms with E-state index in [1.807, 2.05) is 0 Å². The summed E-state index contributed by atoms with van der Waals surface area (Å²) in [6.07, 6.45) is 1.44. The van der Waals surface area contributed by atoms with Crippen LogP contribution in [0.2, 0.25) is 5.22 Å². The lowest BCUT2D eigenvalue weighted by Crippen LogP contribution is -2.24. The van der Waals surface area contributed by atoms with Gasteiger partial charge < -0.3 is 10.2 Å². The number of hydrazone groups is 1. The number of furan rings is 1. The predicted octanol–water partition coefficient (Wildman–Crippen LogP) is 1.55. The molecule has 0 saturated heterocycles. The fraction of sp³-hybridized carbons (Fsp3) is 0.250. The van der Waals surface area contributed by atoms with E-state index in [0.29, 0.717) is 11.0 Å². The average molecular weight is 216 g/mol. The van der Waals surface area contributed by atoms with Gasteiger partial charge in [-0.3, -0.25) is 0 Å². The summed E-state index contributed by atoms with van der Waals surface area (Å²) in [5.74, 6) is 0.641. The van der Waals surface area contributed by atoms with Gasteiger partial charge in [0.1, 0.15) is 5.76 Å². The zero-order chi connectivity index (χ0) is 10.7. The standard InChI is InChI=1S/C8H10ClN3O2/c1-4-6(3-11-12-8(10)13)5(2)14-7(4)9/h3H,1-2H3,(H3,10,12,13)/b11-3+. The van der Waals surface area contributed by atoms with Crippen LogP contribution in [0.25, 0.3) is 0 Å². The summed E-state index contributed by atoms with van der Waals surface area (Å²) in [5.41, 5.74) is 8.42. The Bertz CT molecular complexity index is 384. The Kier molecular flexibility index (Phi) is 3.14. The van der Waals surface area contributed by atoms with Crippen LogP contribution in [0.5, 0.6) is 0 Å². The molecule has 3 N–H and O–H groups in total. The SMILES string of the molecule is Cc1oc(Cl)c(C)c1/C=N/NC(N)=O. The molecule has 0 aliphatic carbocycles. The quantitative estimate of drug-likeness (QED) is 0.580. The molecule has 0 aromatic carbocycles. The molecule has 1 aromatic heterocycles. The number of amides is 2. The first-order chi connectivity index (χ1) is 6.52. The van der Waals surface area contributed by atoms with Crippen molar-refractivity contribution in [2.75, 3.05) is 0 Å². The van der Waals surface area contributed by atoms with Crippen molar-refractivity contribution in [3.8, 4) is 0 Å². The van der Waals surface area contributed by atoms with Crippen LogP contribution in [0, 0.1) is 13.8 Å². The Morgan fingerprint density at radius 2 is 2.29 bits per heavy atom. The van der Waals surface area contributed by atoms with Crippen LogP contribution in [0.3, 0.4) is 0 Å². The normalized spacial score (nSPS) is 10.8. The molecule has 0 aliphatic heterocycles. The molecule has 0 aliphatic rings. The van der Waals surface area contributed by atoms with E-state index in [4.69, 9.17) is 21.8 Å². The molecule has 1 heterocycles. The number of nitrogens with two attached hydrogens (primary N) is 1. The van der Waals surface area contributed by atoms with Crippen molar-refractivity contribution in [3.63, 3.8) is 0 Å². The van der Waals surface area contributed by atoms with Crippen LogP contribution in [-0.2, 0) is 0 Å². The number of rotatable bonds is 2. The van der Waals surface area contributed by atoms with Gasteiger partial charge in [-0.25, -0.2) is 10.2 Å². The second-order valence-electron chi connectivity index (χ2n) is 2.70. The third kappa shape index (κ3) is 2.26. The van der Waals surface area contributed by atoms with E-state index in [1.54, 1.807) is 13.8 Å². The first-order valence-electron chi connectivity index (χ1n) is 3.86. The lowest BCUT2D eigenvalue weighted by atomic mass is 10.2. The number of carbonyl (C=O) groups is 1. The average Bonchev–Trinajstić information content (AvgIpc) is 2.31. The molecule has 0 atom stereocenters. The summed E-state index contributed by atoms with van der Waals surface area (Å²) in [4.78, 5) is 10.3. The number of hydrogen-bond donors (Lipinski definition) is 2. The number of aryl methyl sites for hydroxylation is 1. The van der Waals surface area contributed by atoms with Crippen LogP contribution in [0.4, 0.5) is 4.79 Å². The summed E-state index contributed by atoms with van der Waals surface area (Å²) in [6, 6.07) is -0.717. The summed E-state index contributed by atoms with van der Waals surface area (Å²) in [5, 5.41) is 3.93. The van der Waals surface area contributed by atoms with Crippen molar-refractivity contribution >= 4 is 23.8 Å². The van der Waals surface area contributed by atoms with Gasteiger partial charge in [-0.1, -0.05) is 0 Å². The van der Waals surface area contributed by atoms with Crippen molar-refractivity contribution in [2.45, 2.75) is 13.8 Å². The van der Waals surface area contributed by atoms with Crippen LogP contribution >= 0.6 is 11.6 Å². The van der Waals surface area contributed by atoms with E-state index < -0.39 is 6.03 Å². The maximum absolute atomic E-state index is 10.3. The molecule has 0 bridgehead atoms. The highest BCUT2D eigenvalue weighted by atomic mass is 35.5. The van der Waals surface area contributed by atoms with Gasteiger partial charge in [0.15, 0.2) is 5.22 Å². The second-order valence-corrected chi connectivity index (χ2v) is 3.05. The number of urea groups is 1. The predicted molar refractivity (Wildman–Crippen MR) is 53.5 cm³/mol. The molecule has 2 amide bonds. The van der Waals surface area contributed by atoms with E-state index in [2.05, 4.69) is 10.5 Å². The third-order valence-corrected chi connectivity index (χ3v) is 2.05. The summed E-state index contributed by atoms with van der Waals surface area (Å²) < 4.78 is 5.13. The highest BCUT2D eigenvalue weighted by molar-refractivity contribution is 6.30. The summed E-state index contributed by atoms with van der Waals surface area (Å²) >= 11 is 5.74. The lowest BCUT2D eigenvalue weighted by Gasteiger charge is -1.92. The van der Waals surface area contributed by atoms with E-state index >= 15 is 0 Å². The van der Waals surface area contributed by atoms with Gasteiger partial charge in [0.25, 0.3) is 0 Å². The molecule has 0 unspecified atom stereocenters. The molecule has 5 nitrogen and oxygen atoms in total. The first-order valence-corrected chi connectivity index (χ1v) is 4.24. The minimum absolute atomic E-state index is 0.322. The van der Waals surface area contributed by atoms with Crippen molar-refractivity contribution in [2.24, 2.45) is 10.8 Å². The van der Waals surface area contributed by atoms with E-state index in [-0.39, 0.29) is 0 Å². The van der Waals surface area contributed by atoms with Crippen molar-refractivity contribution in [1.82, 2.24) is 5.43 Å². The molecule has 0 fully saturated rings. The van der Waals surface area contributed by atoms with Crippen LogP contribution in [0.15, 0.2) is 9.52 Å². The van der Waals surface area contributed by atoms with Crippen LogP contribution in [0.1, 0.15) is 16.9 Å². The number of carbonyl (C=O) groups excluding carboxylic acids is 1. The molecule has 6 heteroatoms. The van der Waals surface area contributed by atoms with Gasteiger partial charge in [-0.2, -0.15) is 5.10 Å². The number of nitrogens with one attached hydrogen (secondary N) is 1. The number of halogens is 1. The maximum atomic E-state index is 10.3. The molecular formula is C8H10ClN3O2. The number of nitrogens with zero attached hydrogens (tertiary/aromatic N) is 1. The van der Waals surface area contributed by atoms with Gasteiger partial charge in [-0.15, -0.1) is 0 Å². The van der Waals surface area contributed by atoms with Crippen molar-refractivity contribution in [1.29, 1.82) is 0 Å². The van der Waals surface area contributed by atoms with E-state index in [0.717, 1.165) is 11.1 Å². The molecule has 0 spiro atoms. The van der Waals surface area contributed by atoms with E-state index in [9.17, 15) is 4.79 Å². The molecule has 76 valence electrons. The Hall–Kier alpha value is -1.49. The van der Waals surface area contributed by atoms with Gasteiger partial charge in [0.05, 0.1) is 6.21 Å². The van der Waals surface area contributed by atoms with Crippen molar-refractivity contribution in [3.05, 3.63) is 22.1 Å². The lowest BCUT2D eigenvalue weighted by molar-refractivity contribution is 0.249. The minimum Gasteiger partial charge on any atom is -0.449 e. The van der Waals surface area contributed by atoms with Crippen molar-refractivity contribution < 1.29 is 9.21 Å². The van der Waals surface area contributed by atoms with Gasteiger partial charge in [0.2, 0.25) is 0 Å². The third-order valence-electron chi connectivity index (χ3n) is 1.69. The smallest absolute Gasteiger partial charge is 0.332 e. The second kappa shape index (κ2) is 4.15. The largest absolute Gasteiger partial charge is 0.449 e. The first kappa shape index (κ1) is 10.6. The number of hydrogen-bond acceptors (Lipinski definition) is 3. The summed E-state index contributed by atoms with van der Waals surface area (Å²) in [7, 11) is 0. The molecule has 0 saturated carbocycles. The Balaban J connectivity index is 2.86. The molecule has 1 rings (SSSR count). The minimum atomic E-state index is -0.717. The Labute approximate surface area is 85.9 Å². The maximum Gasteiger partial charge on any atom is 0.332 e. The highest BCUT2D eigenvalue weighted by Gasteiger charge is 2.09. The Morgan fingerprint density at radius 1 is 1.64 bits per heavy atom. The fourth-order valence-corrected chi connectivity index (χ4v) is 1.20. The van der Waals surface area contributed by atoms with Gasteiger partial charge >= 0.3 is 6.03 Å². The molecule has 1 aromatic rings. The van der Waals surface area contributed by atoms with Gasteiger partial charge in [-0.05, 0) is 25.4 Å².